The molecule has 1 N–H and O–H groups in total. The summed E-state index contributed by atoms with van der Waals surface area (Å²) in [4.78, 5) is 14.3. The van der Waals surface area contributed by atoms with Crippen molar-refractivity contribution in [1.82, 2.24) is 10.2 Å². The van der Waals surface area contributed by atoms with Crippen LogP contribution in [0.15, 0.2) is 42.5 Å². The average molecular weight is 348 g/mol. The molecular weight excluding hydrogens is 329 g/mol. The van der Waals surface area contributed by atoms with Crippen LogP contribution in [-0.4, -0.2) is 30.4 Å². The minimum Gasteiger partial charge on any atom is -0.333 e. The lowest BCUT2D eigenvalue weighted by molar-refractivity contribution is -0.134. The Balaban J connectivity index is 1.71. The van der Waals surface area contributed by atoms with Crippen LogP contribution in [0, 0.1) is 17.5 Å². The van der Waals surface area contributed by atoms with Crippen molar-refractivity contribution < 1.29 is 18.0 Å². The fourth-order valence-electron chi connectivity index (χ4n) is 3.13. The number of hydrogen-bond acceptors (Lipinski definition) is 2. The summed E-state index contributed by atoms with van der Waals surface area (Å²) in [5.74, 6) is -1.54. The highest BCUT2D eigenvalue weighted by atomic mass is 19.1. The summed E-state index contributed by atoms with van der Waals surface area (Å²) in [6.07, 6.45) is 0.203. The maximum atomic E-state index is 13.7. The third-order valence-electron chi connectivity index (χ3n) is 4.41. The number of halogens is 3. The van der Waals surface area contributed by atoms with Crippen LogP contribution in [0.3, 0.4) is 0 Å². The summed E-state index contributed by atoms with van der Waals surface area (Å²) in [5, 5.41) is 3.20. The molecule has 0 aromatic heterocycles. The zero-order valence-electron chi connectivity index (χ0n) is 13.6. The van der Waals surface area contributed by atoms with Crippen LogP contribution in [0.1, 0.15) is 23.6 Å². The zero-order valence-corrected chi connectivity index (χ0v) is 13.6. The maximum absolute atomic E-state index is 13.7. The van der Waals surface area contributed by atoms with Crippen molar-refractivity contribution in [3.05, 3.63) is 71.0 Å². The van der Waals surface area contributed by atoms with Gasteiger partial charge >= 0.3 is 0 Å². The molecule has 2 aromatic rings. The first-order chi connectivity index (χ1) is 12.0. The molecule has 1 amide bonds. The lowest BCUT2D eigenvalue weighted by Gasteiger charge is -2.36. The SMILES string of the molecule is O=C(CCc1cc(F)ccc1F)N1CCNCC1c1cccc(F)c1. The lowest BCUT2D eigenvalue weighted by atomic mass is 10.0. The molecule has 1 saturated heterocycles. The van der Waals surface area contributed by atoms with Gasteiger partial charge in [-0.05, 0) is 47.9 Å². The molecule has 1 fully saturated rings. The summed E-state index contributed by atoms with van der Waals surface area (Å²) in [5.41, 5.74) is 0.906. The van der Waals surface area contributed by atoms with Crippen LogP contribution in [0.4, 0.5) is 13.2 Å². The molecule has 2 aromatic carbocycles. The molecule has 3 nitrogen and oxygen atoms in total. The van der Waals surface area contributed by atoms with Gasteiger partial charge in [-0.25, -0.2) is 13.2 Å². The van der Waals surface area contributed by atoms with E-state index in [2.05, 4.69) is 5.32 Å². The molecule has 0 saturated carbocycles. The van der Waals surface area contributed by atoms with Gasteiger partial charge in [0.2, 0.25) is 5.91 Å². The van der Waals surface area contributed by atoms with Gasteiger partial charge in [0.15, 0.2) is 0 Å². The number of aryl methyl sites for hydroxylation is 1. The number of nitrogens with one attached hydrogen (secondary N) is 1. The van der Waals surface area contributed by atoms with E-state index < -0.39 is 11.6 Å². The molecule has 25 heavy (non-hydrogen) atoms. The molecule has 132 valence electrons. The molecule has 0 spiro atoms. The van der Waals surface area contributed by atoms with E-state index in [1.807, 2.05) is 0 Å². The molecule has 1 unspecified atom stereocenters. The fraction of sp³-hybridized carbons (Fsp3) is 0.316. The average Bonchev–Trinajstić information content (AvgIpc) is 2.62. The van der Waals surface area contributed by atoms with E-state index in [1.165, 1.54) is 12.1 Å². The highest BCUT2D eigenvalue weighted by Crippen LogP contribution is 2.24. The van der Waals surface area contributed by atoms with Gasteiger partial charge in [-0.2, -0.15) is 0 Å². The van der Waals surface area contributed by atoms with Gasteiger partial charge in [-0.15, -0.1) is 0 Å². The van der Waals surface area contributed by atoms with Gasteiger partial charge in [0.25, 0.3) is 0 Å². The molecule has 0 bridgehead atoms. The van der Waals surface area contributed by atoms with Crippen molar-refractivity contribution >= 4 is 5.91 Å². The Kier molecular flexibility index (Phi) is 5.38. The van der Waals surface area contributed by atoms with Crippen molar-refractivity contribution in [3.63, 3.8) is 0 Å². The number of benzene rings is 2. The minimum atomic E-state index is -0.524. The van der Waals surface area contributed by atoms with E-state index in [-0.39, 0.29) is 36.2 Å². The Hall–Kier alpha value is -2.34. The molecular formula is C19H19F3N2O. The Morgan fingerprint density at radius 1 is 1.12 bits per heavy atom. The molecule has 3 rings (SSSR count). The van der Waals surface area contributed by atoms with E-state index in [4.69, 9.17) is 0 Å². The van der Waals surface area contributed by atoms with Crippen molar-refractivity contribution in [2.24, 2.45) is 0 Å². The van der Waals surface area contributed by atoms with Gasteiger partial charge in [-0.1, -0.05) is 12.1 Å². The van der Waals surface area contributed by atoms with Crippen LogP contribution in [0.2, 0.25) is 0 Å². The first kappa shape index (κ1) is 17.5. The second-order valence-electron chi connectivity index (χ2n) is 6.10. The van der Waals surface area contributed by atoms with Crippen LogP contribution < -0.4 is 5.32 Å². The van der Waals surface area contributed by atoms with E-state index in [9.17, 15) is 18.0 Å². The number of carbonyl (C=O) groups excluding carboxylic acids is 1. The quantitative estimate of drug-likeness (QED) is 0.920. The first-order valence-electron chi connectivity index (χ1n) is 8.24. The van der Waals surface area contributed by atoms with E-state index >= 15 is 0 Å². The molecule has 0 aliphatic carbocycles. The summed E-state index contributed by atoms with van der Waals surface area (Å²) >= 11 is 0. The van der Waals surface area contributed by atoms with Gasteiger partial charge < -0.3 is 10.2 Å². The molecule has 1 aliphatic heterocycles. The van der Waals surface area contributed by atoms with Crippen molar-refractivity contribution in [2.45, 2.75) is 18.9 Å². The number of rotatable bonds is 4. The normalized spacial score (nSPS) is 17.6. The molecule has 0 radical (unpaired) electrons. The summed E-state index contributed by atoms with van der Waals surface area (Å²) < 4.78 is 40.4. The number of carbonyl (C=O) groups is 1. The zero-order chi connectivity index (χ0) is 17.8. The first-order valence-corrected chi connectivity index (χ1v) is 8.24. The molecule has 6 heteroatoms. The predicted molar refractivity (Wildman–Crippen MR) is 88.4 cm³/mol. The number of amides is 1. The second kappa shape index (κ2) is 7.70. The Morgan fingerprint density at radius 3 is 2.72 bits per heavy atom. The smallest absolute Gasteiger partial charge is 0.223 e. The lowest BCUT2D eigenvalue weighted by Crippen LogP contribution is -2.48. The van der Waals surface area contributed by atoms with Crippen molar-refractivity contribution in [2.75, 3.05) is 19.6 Å². The van der Waals surface area contributed by atoms with Crippen LogP contribution >= 0.6 is 0 Å². The van der Waals surface area contributed by atoms with Crippen LogP contribution in [0.25, 0.3) is 0 Å². The summed E-state index contributed by atoms with van der Waals surface area (Å²) in [6.45, 7) is 1.67. The van der Waals surface area contributed by atoms with E-state index in [0.29, 0.717) is 19.6 Å². The number of piperazine rings is 1. The van der Waals surface area contributed by atoms with Gasteiger partial charge in [-0.3, -0.25) is 4.79 Å². The van der Waals surface area contributed by atoms with Crippen LogP contribution in [0.5, 0.6) is 0 Å². The molecule has 1 heterocycles. The van der Waals surface area contributed by atoms with Gasteiger partial charge in [0, 0.05) is 26.1 Å². The summed E-state index contributed by atoms with van der Waals surface area (Å²) in [6, 6.07) is 9.14. The van der Waals surface area contributed by atoms with Gasteiger partial charge in [0.05, 0.1) is 6.04 Å². The third kappa shape index (κ3) is 4.20. The third-order valence-corrected chi connectivity index (χ3v) is 4.41. The maximum Gasteiger partial charge on any atom is 0.223 e. The standard InChI is InChI=1S/C19H19F3N2O/c20-15-3-1-2-14(11-15)18-12-23-8-9-24(18)19(25)7-4-13-10-16(21)5-6-17(13)22/h1-3,5-6,10-11,18,23H,4,7-9,12H2. The molecule has 1 atom stereocenters. The van der Waals surface area contributed by atoms with E-state index in [0.717, 1.165) is 23.8 Å². The fourth-order valence-corrected chi connectivity index (χ4v) is 3.13. The minimum absolute atomic E-state index is 0.0756. The summed E-state index contributed by atoms with van der Waals surface area (Å²) in [7, 11) is 0. The number of nitrogens with zero attached hydrogens (tertiary/aromatic N) is 1. The Morgan fingerprint density at radius 2 is 1.92 bits per heavy atom. The molecule has 1 aliphatic rings. The van der Waals surface area contributed by atoms with E-state index in [1.54, 1.807) is 17.0 Å². The topological polar surface area (TPSA) is 32.3 Å². The second-order valence-corrected chi connectivity index (χ2v) is 6.10. The van der Waals surface area contributed by atoms with Crippen LogP contribution in [-0.2, 0) is 11.2 Å². The predicted octanol–water partition coefficient (Wildman–Crippen LogP) is 3.21. The Bertz CT molecular complexity index is 766. The number of hydrogen-bond donors (Lipinski definition) is 1. The largest absolute Gasteiger partial charge is 0.333 e. The monoisotopic (exact) mass is 348 g/mol. The van der Waals surface area contributed by atoms with Crippen molar-refractivity contribution in [3.8, 4) is 0 Å². The Labute approximate surface area is 144 Å². The highest BCUT2D eigenvalue weighted by Gasteiger charge is 2.27. The highest BCUT2D eigenvalue weighted by molar-refractivity contribution is 5.77. The van der Waals surface area contributed by atoms with Gasteiger partial charge in [0.1, 0.15) is 17.5 Å². The van der Waals surface area contributed by atoms with Crippen molar-refractivity contribution in [1.29, 1.82) is 0 Å².